The van der Waals surface area contributed by atoms with Gasteiger partial charge in [0.25, 0.3) is 0 Å². The van der Waals surface area contributed by atoms with Crippen molar-refractivity contribution < 1.29 is 14.3 Å². The van der Waals surface area contributed by atoms with Gasteiger partial charge in [-0.3, -0.25) is 4.79 Å². The molecule has 0 N–H and O–H groups in total. The average molecular weight is 324 g/mol. The monoisotopic (exact) mass is 323 g/mol. The van der Waals surface area contributed by atoms with Crippen molar-refractivity contribution in [3.8, 4) is 11.5 Å². The van der Waals surface area contributed by atoms with Crippen LogP contribution in [0.25, 0.3) is 0 Å². The molecule has 1 saturated heterocycles. The van der Waals surface area contributed by atoms with E-state index in [0.717, 1.165) is 31.4 Å². The normalized spacial score (nSPS) is 21.4. The molecule has 0 spiro atoms. The van der Waals surface area contributed by atoms with Gasteiger partial charge in [0.2, 0.25) is 5.91 Å². The summed E-state index contributed by atoms with van der Waals surface area (Å²) in [6, 6.07) is 4.04. The van der Waals surface area contributed by atoms with Crippen molar-refractivity contribution in [2.75, 3.05) is 19.8 Å². The molecule has 0 bridgehead atoms. The van der Waals surface area contributed by atoms with Gasteiger partial charge in [0.1, 0.15) is 0 Å². The Morgan fingerprint density at radius 3 is 2.91 bits per heavy atom. The van der Waals surface area contributed by atoms with Crippen molar-refractivity contribution in [3.63, 3.8) is 0 Å². The van der Waals surface area contributed by atoms with Crippen molar-refractivity contribution in [2.45, 2.75) is 45.1 Å². The lowest BCUT2D eigenvalue weighted by atomic mass is 10.0. The molecule has 1 unspecified atom stereocenters. The van der Waals surface area contributed by atoms with Gasteiger partial charge in [0, 0.05) is 19.0 Å². The number of piperidine rings is 1. The molecule has 3 rings (SSSR count). The first-order valence-electron chi connectivity index (χ1n) is 8.02. The van der Waals surface area contributed by atoms with Crippen LogP contribution in [-0.4, -0.2) is 36.6 Å². The third-order valence-corrected chi connectivity index (χ3v) is 4.62. The Morgan fingerprint density at radius 1 is 1.27 bits per heavy atom. The molecule has 120 valence electrons. The zero-order valence-electron chi connectivity index (χ0n) is 12.9. The van der Waals surface area contributed by atoms with Crippen LogP contribution in [0.2, 0.25) is 5.02 Å². The first-order chi connectivity index (χ1) is 10.6. The number of carbonyl (C=O) groups is 1. The highest BCUT2D eigenvalue weighted by Crippen LogP contribution is 2.38. The fourth-order valence-corrected chi connectivity index (χ4v) is 3.42. The molecule has 2 aliphatic heterocycles. The highest BCUT2D eigenvalue weighted by molar-refractivity contribution is 6.32. The average Bonchev–Trinajstić information content (AvgIpc) is 2.73. The van der Waals surface area contributed by atoms with E-state index in [4.69, 9.17) is 21.1 Å². The van der Waals surface area contributed by atoms with Crippen LogP contribution in [0.5, 0.6) is 11.5 Å². The predicted octanol–water partition coefficient (Wildman–Crippen LogP) is 3.44. The van der Waals surface area contributed by atoms with E-state index in [1.165, 1.54) is 6.42 Å². The van der Waals surface area contributed by atoms with Gasteiger partial charge in [0.15, 0.2) is 11.5 Å². The number of amides is 1. The van der Waals surface area contributed by atoms with Crippen molar-refractivity contribution in [2.24, 2.45) is 0 Å². The highest BCUT2D eigenvalue weighted by atomic mass is 35.5. The largest absolute Gasteiger partial charge is 0.489 e. The van der Waals surface area contributed by atoms with Crippen LogP contribution in [0.3, 0.4) is 0 Å². The molecule has 2 aliphatic rings. The molecule has 1 aromatic carbocycles. The first kappa shape index (κ1) is 15.5. The van der Waals surface area contributed by atoms with Crippen LogP contribution in [0.4, 0.5) is 0 Å². The predicted molar refractivity (Wildman–Crippen MR) is 85.8 cm³/mol. The summed E-state index contributed by atoms with van der Waals surface area (Å²) in [7, 11) is 0. The van der Waals surface area contributed by atoms with E-state index in [0.29, 0.717) is 42.2 Å². The Morgan fingerprint density at radius 2 is 2.09 bits per heavy atom. The van der Waals surface area contributed by atoms with Gasteiger partial charge < -0.3 is 14.4 Å². The molecule has 2 heterocycles. The van der Waals surface area contributed by atoms with Crippen LogP contribution in [0.1, 0.15) is 38.2 Å². The van der Waals surface area contributed by atoms with E-state index in [-0.39, 0.29) is 5.91 Å². The van der Waals surface area contributed by atoms with E-state index in [9.17, 15) is 4.79 Å². The van der Waals surface area contributed by atoms with E-state index < -0.39 is 0 Å². The number of nitrogens with zero attached hydrogens (tertiary/aromatic N) is 1. The molecule has 0 radical (unpaired) electrons. The maximum atomic E-state index is 12.5. The van der Waals surface area contributed by atoms with Crippen LogP contribution < -0.4 is 9.47 Å². The molecular formula is C17H22ClNO3. The van der Waals surface area contributed by atoms with Crippen molar-refractivity contribution >= 4 is 17.5 Å². The Labute approximate surface area is 136 Å². The van der Waals surface area contributed by atoms with Crippen molar-refractivity contribution in [1.29, 1.82) is 0 Å². The minimum Gasteiger partial charge on any atom is -0.489 e. The number of fused-ring (bicyclic) bond motifs is 1. The topological polar surface area (TPSA) is 38.8 Å². The van der Waals surface area contributed by atoms with E-state index in [1.807, 2.05) is 17.0 Å². The second kappa shape index (κ2) is 6.78. The Hall–Kier alpha value is -1.42. The van der Waals surface area contributed by atoms with Gasteiger partial charge in [-0.05, 0) is 43.9 Å². The smallest absolute Gasteiger partial charge is 0.227 e. The fraction of sp³-hybridized carbons (Fsp3) is 0.588. The van der Waals surface area contributed by atoms with Gasteiger partial charge in [-0.15, -0.1) is 0 Å². The van der Waals surface area contributed by atoms with Crippen molar-refractivity contribution in [3.05, 3.63) is 22.7 Å². The molecule has 0 saturated carbocycles. The SMILES string of the molecule is CC1CCCCN1C(=O)Cc1cc(Cl)c2c(c1)OCCCO2. The first-order valence-corrected chi connectivity index (χ1v) is 8.40. The standard InChI is InChI=1S/C17H22ClNO3/c1-12-5-2-3-6-19(12)16(20)11-13-9-14(18)17-15(10-13)21-7-4-8-22-17/h9-10,12H,2-8,11H2,1H3. The third-order valence-electron chi connectivity index (χ3n) is 4.34. The van der Waals surface area contributed by atoms with Crippen LogP contribution in [0, 0.1) is 0 Å². The molecule has 0 aromatic heterocycles. The summed E-state index contributed by atoms with van der Waals surface area (Å²) >= 11 is 6.29. The summed E-state index contributed by atoms with van der Waals surface area (Å²) in [4.78, 5) is 14.5. The lowest BCUT2D eigenvalue weighted by Crippen LogP contribution is -2.42. The maximum absolute atomic E-state index is 12.5. The Balaban J connectivity index is 1.76. The van der Waals surface area contributed by atoms with Crippen LogP contribution in [0.15, 0.2) is 12.1 Å². The number of carbonyl (C=O) groups excluding carboxylic acids is 1. The lowest BCUT2D eigenvalue weighted by molar-refractivity contribution is -0.133. The van der Waals surface area contributed by atoms with Gasteiger partial charge in [0.05, 0.1) is 24.7 Å². The van der Waals surface area contributed by atoms with E-state index >= 15 is 0 Å². The minimum atomic E-state index is 0.165. The van der Waals surface area contributed by atoms with Gasteiger partial charge in [-0.2, -0.15) is 0 Å². The highest BCUT2D eigenvalue weighted by Gasteiger charge is 2.24. The summed E-state index contributed by atoms with van der Waals surface area (Å²) < 4.78 is 11.3. The second-order valence-electron chi connectivity index (χ2n) is 6.06. The molecule has 1 amide bonds. The molecule has 1 fully saturated rings. The summed E-state index contributed by atoms with van der Waals surface area (Å²) in [5.41, 5.74) is 0.886. The van der Waals surface area contributed by atoms with Crippen molar-refractivity contribution in [1.82, 2.24) is 4.90 Å². The quantitative estimate of drug-likeness (QED) is 0.837. The molecule has 1 aromatic rings. The molecule has 22 heavy (non-hydrogen) atoms. The molecule has 0 aliphatic carbocycles. The number of ether oxygens (including phenoxy) is 2. The molecule has 4 nitrogen and oxygen atoms in total. The molecule has 5 heteroatoms. The van der Waals surface area contributed by atoms with Crippen LogP contribution >= 0.6 is 11.6 Å². The number of rotatable bonds is 2. The Kier molecular flexibility index (Phi) is 4.77. The summed E-state index contributed by atoms with van der Waals surface area (Å²) in [6.45, 7) is 4.20. The van der Waals surface area contributed by atoms with E-state index in [2.05, 4.69) is 6.92 Å². The second-order valence-corrected chi connectivity index (χ2v) is 6.47. The minimum absolute atomic E-state index is 0.165. The lowest BCUT2D eigenvalue weighted by Gasteiger charge is -2.33. The number of hydrogen-bond acceptors (Lipinski definition) is 3. The van der Waals surface area contributed by atoms with Gasteiger partial charge in [-0.25, -0.2) is 0 Å². The van der Waals surface area contributed by atoms with E-state index in [1.54, 1.807) is 0 Å². The zero-order chi connectivity index (χ0) is 15.5. The zero-order valence-corrected chi connectivity index (χ0v) is 13.7. The summed E-state index contributed by atoms with van der Waals surface area (Å²) in [5, 5.41) is 0.522. The van der Waals surface area contributed by atoms with Gasteiger partial charge in [-0.1, -0.05) is 11.6 Å². The van der Waals surface area contributed by atoms with Gasteiger partial charge >= 0.3 is 0 Å². The Bertz CT molecular complexity index is 561. The molecule has 1 atom stereocenters. The summed E-state index contributed by atoms with van der Waals surface area (Å²) in [6.07, 6.45) is 4.59. The number of halogens is 1. The number of likely N-dealkylation sites (tertiary alicyclic amines) is 1. The van der Waals surface area contributed by atoms with Crippen LogP contribution in [-0.2, 0) is 11.2 Å². The molecular weight excluding hydrogens is 302 g/mol. The number of benzene rings is 1. The summed E-state index contributed by atoms with van der Waals surface area (Å²) in [5.74, 6) is 1.42. The maximum Gasteiger partial charge on any atom is 0.227 e. The third kappa shape index (κ3) is 3.32. The fourth-order valence-electron chi connectivity index (χ4n) is 3.13. The number of hydrogen-bond donors (Lipinski definition) is 0.